The molecule has 2 aromatic carbocycles. The number of benzene rings is 2. The van der Waals surface area contributed by atoms with Crippen LogP contribution in [0.2, 0.25) is 0 Å². The van der Waals surface area contributed by atoms with Crippen molar-refractivity contribution in [3.63, 3.8) is 0 Å². The Kier molecular flexibility index (Phi) is 7.43. The van der Waals surface area contributed by atoms with E-state index in [0.717, 1.165) is 37.1 Å². The van der Waals surface area contributed by atoms with E-state index < -0.39 is 11.9 Å². The van der Waals surface area contributed by atoms with Crippen LogP contribution in [-0.2, 0) is 27.2 Å². The van der Waals surface area contributed by atoms with Crippen LogP contribution < -0.4 is 15.8 Å². The normalized spacial score (nSPS) is 14.2. The molecule has 30 heavy (non-hydrogen) atoms. The second-order valence-electron chi connectivity index (χ2n) is 7.42. The first kappa shape index (κ1) is 21.4. The molecule has 0 bridgehead atoms. The van der Waals surface area contributed by atoms with Gasteiger partial charge in [0.2, 0.25) is 11.8 Å². The summed E-state index contributed by atoms with van der Waals surface area (Å²) in [6, 6.07) is 15.8. The lowest BCUT2D eigenvalue weighted by molar-refractivity contribution is -0.136. The van der Waals surface area contributed by atoms with Gasteiger partial charge >= 0.3 is 0 Å². The van der Waals surface area contributed by atoms with E-state index >= 15 is 0 Å². The summed E-state index contributed by atoms with van der Waals surface area (Å²) < 4.78 is 5.53. The van der Waals surface area contributed by atoms with Crippen molar-refractivity contribution < 1.29 is 19.1 Å². The van der Waals surface area contributed by atoms with Crippen molar-refractivity contribution in [3.05, 3.63) is 65.7 Å². The molecule has 3 rings (SSSR count). The van der Waals surface area contributed by atoms with Crippen LogP contribution in [0.3, 0.4) is 0 Å². The molecule has 7 heteroatoms. The van der Waals surface area contributed by atoms with Crippen molar-refractivity contribution in [3.8, 4) is 5.75 Å². The molecule has 3 amide bonds. The standard InChI is InChI=1S/C23H27N3O4/c24-21(27)15-18-8-10-19(11-9-18)30-16-22(28)25-20(14-17-6-2-1-3-7-17)23(29)26-12-4-5-13-26/h1-3,6-11,20H,4-5,12-16H2,(H2,24,27)(H,25,28). The number of amides is 3. The van der Waals surface area contributed by atoms with Crippen molar-refractivity contribution in [1.82, 2.24) is 10.2 Å². The highest BCUT2D eigenvalue weighted by Crippen LogP contribution is 2.14. The van der Waals surface area contributed by atoms with Gasteiger partial charge in [-0.2, -0.15) is 0 Å². The van der Waals surface area contributed by atoms with Gasteiger partial charge in [0.25, 0.3) is 5.91 Å². The Bertz CT molecular complexity index is 862. The fourth-order valence-electron chi connectivity index (χ4n) is 3.50. The molecule has 1 fully saturated rings. The third-order valence-corrected chi connectivity index (χ3v) is 5.01. The first-order valence-corrected chi connectivity index (χ1v) is 10.1. The summed E-state index contributed by atoms with van der Waals surface area (Å²) in [5, 5.41) is 2.83. The first-order valence-electron chi connectivity index (χ1n) is 10.1. The van der Waals surface area contributed by atoms with Crippen LogP contribution in [0.1, 0.15) is 24.0 Å². The lowest BCUT2D eigenvalue weighted by Crippen LogP contribution is -2.50. The Labute approximate surface area is 176 Å². The molecule has 3 N–H and O–H groups in total. The third-order valence-electron chi connectivity index (χ3n) is 5.01. The Morgan fingerprint density at radius 1 is 0.967 bits per heavy atom. The van der Waals surface area contributed by atoms with Crippen LogP contribution in [0.25, 0.3) is 0 Å². The maximum atomic E-state index is 12.9. The molecule has 2 aromatic rings. The molecule has 0 aromatic heterocycles. The molecule has 1 aliphatic rings. The number of nitrogens with zero attached hydrogens (tertiary/aromatic N) is 1. The quantitative estimate of drug-likeness (QED) is 0.654. The van der Waals surface area contributed by atoms with E-state index in [-0.39, 0.29) is 24.8 Å². The van der Waals surface area contributed by atoms with Gasteiger partial charge in [-0.25, -0.2) is 0 Å². The zero-order valence-corrected chi connectivity index (χ0v) is 16.9. The van der Waals surface area contributed by atoms with Gasteiger partial charge in [-0.15, -0.1) is 0 Å². The predicted molar refractivity (Wildman–Crippen MR) is 113 cm³/mol. The monoisotopic (exact) mass is 409 g/mol. The van der Waals surface area contributed by atoms with Gasteiger partial charge in [0.15, 0.2) is 6.61 Å². The highest BCUT2D eigenvalue weighted by molar-refractivity contribution is 5.88. The molecule has 1 saturated heterocycles. The minimum Gasteiger partial charge on any atom is -0.484 e. The van der Waals surface area contributed by atoms with E-state index in [4.69, 9.17) is 10.5 Å². The van der Waals surface area contributed by atoms with E-state index in [2.05, 4.69) is 5.32 Å². The maximum Gasteiger partial charge on any atom is 0.258 e. The van der Waals surface area contributed by atoms with E-state index in [1.807, 2.05) is 35.2 Å². The molecule has 1 aliphatic heterocycles. The molecule has 0 radical (unpaired) electrons. The number of likely N-dealkylation sites (tertiary alicyclic amines) is 1. The lowest BCUT2D eigenvalue weighted by atomic mass is 10.0. The molecule has 0 saturated carbocycles. The van der Waals surface area contributed by atoms with Crippen LogP contribution in [-0.4, -0.2) is 48.4 Å². The summed E-state index contributed by atoms with van der Waals surface area (Å²) in [5.41, 5.74) is 6.94. The molecule has 1 atom stereocenters. The number of hydrogen-bond donors (Lipinski definition) is 2. The highest BCUT2D eigenvalue weighted by atomic mass is 16.5. The molecule has 1 heterocycles. The molecular formula is C23H27N3O4. The third kappa shape index (κ3) is 6.34. The van der Waals surface area contributed by atoms with Gasteiger partial charge in [-0.05, 0) is 36.1 Å². The summed E-state index contributed by atoms with van der Waals surface area (Å²) in [5.74, 6) is -0.316. The average molecular weight is 409 g/mol. The van der Waals surface area contributed by atoms with Crippen molar-refractivity contribution in [2.45, 2.75) is 31.7 Å². The molecule has 158 valence electrons. The molecule has 1 unspecified atom stereocenters. The number of carbonyl (C=O) groups excluding carboxylic acids is 3. The van der Waals surface area contributed by atoms with Gasteiger partial charge in [0, 0.05) is 19.5 Å². The highest BCUT2D eigenvalue weighted by Gasteiger charge is 2.28. The van der Waals surface area contributed by atoms with Crippen molar-refractivity contribution >= 4 is 17.7 Å². The van der Waals surface area contributed by atoms with Gasteiger partial charge < -0.3 is 20.7 Å². The molecule has 0 aliphatic carbocycles. The number of rotatable bonds is 9. The fraction of sp³-hybridized carbons (Fsp3) is 0.348. The van der Waals surface area contributed by atoms with Gasteiger partial charge in [0.1, 0.15) is 11.8 Å². The van der Waals surface area contributed by atoms with Crippen molar-refractivity contribution in [2.75, 3.05) is 19.7 Å². The number of primary amides is 1. The largest absolute Gasteiger partial charge is 0.484 e. The summed E-state index contributed by atoms with van der Waals surface area (Å²) >= 11 is 0. The fourth-order valence-corrected chi connectivity index (χ4v) is 3.50. The second kappa shape index (κ2) is 10.4. The summed E-state index contributed by atoms with van der Waals surface area (Å²) in [6.07, 6.45) is 2.57. The minimum atomic E-state index is -0.625. The van der Waals surface area contributed by atoms with Crippen LogP contribution in [0.15, 0.2) is 54.6 Å². The number of nitrogens with two attached hydrogens (primary N) is 1. The second-order valence-corrected chi connectivity index (χ2v) is 7.42. The Balaban J connectivity index is 1.58. The van der Waals surface area contributed by atoms with Crippen LogP contribution in [0.5, 0.6) is 5.75 Å². The average Bonchev–Trinajstić information content (AvgIpc) is 3.27. The van der Waals surface area contributed by atoms with Crippen LogP contribution >= 0.6 is 0 Å². The topological polar surface area (TPSA) is 102 Å². The molecule has 7 nitrogen and oxygen atoms in total. The van der Waals surface area contributed by atoms with Crippen molar-refractivity contribution in [2.24, 2.45) is 5.73 Å². The summed E-state index contributed by atoms with van der Waals surface area (Å²) in [7, 11) is 0. The number of hydrogen-bond acceptors (Lipinski definition) is 4. The SMILES string of the molecule is NC(=O)Cc1ccc(OCC(=O)NC(Cc2ccccc2)C(=O)N2CCCC2)cc1. The molecular weight excluding hydrogens is 382 g/mol. The van der Waals surface area contributed by atoms with E-state index in [1.165, 1.54) is 0 Å². The maximum absolute atomic E-state index is 12.9. The first-order chi connectivity index (χ1) is 14.5. The smallest absolute Gasteiger partial charge is 0.258 e. The number of nitrogens with one attached hydrogen (secondary N) is 1. The van der Waals surface area contributed by atoms with E-state index in [0.29, 0.717) is 12.2 Å². The minimum absolute atomic E-state index is 0.0551. The zero-order chi connectivity index (χ0) is 21.3. The van der Waals surface area contributed by atoms with E-state index in [9.17, 15) is 14.4 Å². The Morgan fingerprint density at radius 3 is 2.27 bits per heavy atom. The molecule has 0 spiro atoms. The Hall–Kier alpha value is -3.35. The number of ether oxygens (including phenoxy) is 1. The number of carbonyl (C=O) groups is 3. The Morgan fingerprint density at radius 2 is 1.63 bits per heavy atom. The van der Waals surface area contributed by atoms with Crippen molar-refractivity contribution in [1.29, 1.82) is 0 Å². The van der Waals surface area contributed by atoms with Gasteiger partial charge in [0.05, 0.1) is 6.42 Å². The van der Waals surface area contributed by atoms with Gasteiger partial charge in [-0.3, -0.25) is 14.4 Å². The van der Waals surface area contributed by atoms with Crippen LogP contribution in [0.4, 0.5) is 0 Å². The van der Waals surface area contributed by atoms with Gasteiger partial charge in [-0.1, -0.05) is 42.5 Å². The summed E-state index contributed by atoms with van der Waals surface area (Å²) in [6.45, 7) is 1.26. The lowest BCUT2D eigenvalue weighted by Gasteiger charge is -2.24. The summed E-state index contributed by atoms with van der Waals surface area (Å²) in [4.78, 5) is 38.2. The predicted octanol–water partition coefficient (Wildman–Crippen LogP) is 1.44. The van der Waals surface area contributed by atoms with Crippen LogP contribution in [0, 0.1) is 0 Å². The van der Waals surface area contributed by atoms with E-state index in [1.54, 1.807) is 24.3 Å². The zero-order valence-electron chi connectivity index (χ0n) is 16.9.